The number of rotatable bonds is 1. The molecular formula is C16H14FN3O2+2. The third-order valence-electron chi connectivity index (χ3n) is 4.23. The quantitative estimate of drug-likeness (QED) is 0.748. The van der Waals surface area contributed by atoms with Gasteiger partial charge in [0.15, 0.2) is 17.2 Å². The van der Waals surface area contributed by atoms with Crippen molar-refractivity contribution in [1.82, 2.24) is 0 Å². The summed E-state index contributed by atoms with van der Waals surface area (Å²) >= 11 is 0. The SMILES string of the molecule is O=C1c2c[nH+]c3c([n+]2C(=O)N1c1ccccc1F)CCCC3. The molecule has 0 unspecified atom stereocenters. The van der Waals surface area contributed by atoms with Gasteiger partial charge in [0, 0.05) is 12.8 Å². The Morgan fingerprint density at radius 1 is 1.14 bits per heavy atom. The lowest BCUT2D eigenvalue weighted by Crippen LogP contribution is -2.52. The van der Waals surface area contributed by atoms with Crippen molar-refractivity contribution in [3.05, 3.63) is 53.4 Å². The number of benzene rings is 1. The van der Waals surface area contributed by atoms with Gasteiger partial charge in [-0.3, -0.25) is 0 Å². The molecular weight excluding hydrogens is 285 g/mol. The van der Waals surface area contributed by atoms with Gasteiger partial charge in [0.05, 0.1) is 0 Å². The number of nitrogens with one attached hydrogen (secondary N) is 1. The van der Waals surface area contributed by atoms with Crippen molar-refractivity contribution in [2.75, 3.05) is 4.90 Å². The molecule has 2 heterocycles. The van der Waals surface area contributed by atoms with Gasteiger partial charge in [-0.25, -0.2) is 14.2 Å². The van der Waals surface area contributed by atoms with Gasteiger partial charge < -0.3 is 0 Å². The maximum Gasteiger partial charge on any atom is 0.512 e. The topological polar surface area (TPSA) is 55.4 Å². The third kappa shape index (κ3) is 1.70. The highest BCUT2D eigenvalue weighted by Gasteiger charge is 2.52. The van der Waals surface area contributed by atoms with Crippen molar-refractivity contribution < 1.29 is 23.5 Å². The van der Waals surface area contributed by atoms with Crippen LogP contribution in [0.15, 0.2) is 30.5 Å². The molecule has 1 aliphatic carbocycles. The molecule has 6 heteroatoms. The monoisotopic (exact) mass is 299 g/mol. The number of amides is 2. The number of carbonyl (C=O) groups excluding carboxylic acids is 2. The zero-order valence-electron chi connectivity index (χ0n) is 11.8. The van der Waals surface area contributed by atoms with Crippen LogP contribution in [0.5, 0.6) is 0 Å². The van der Waals surface area contributed by atoms with Gasteiger partial charge in [-0.15, -0.1) is 9.47 Å². The summed E-state index contributed by atoms with van der Waals surface area (Å²) in [6.45, 7) is 0. The van der Waals surface area contributed by atoms with E-state index < -0.39 is 17.8 Å². The Bertz CT molecular complexity index is 819. The number of H-pyrrole nitrogens is 1. The number of aryl methyl sites for hydroxylation is 1. The molecule has 1 N–H and O–H groups in total. The first-order valence-corrected chi connectivity index (χ1v) is 7.30. The number of fused-ring (bicyclic) bond motifs is 3. The third-order valence-corrected chi connectivity index (χ3v) is 4.23. The molecule has 1 aromatic heterocycles. The number of carbonyl (C=O) groups is 2. The van der Waals surface area contributed by atoms with Crippen LogP contribution in [-0.4, -0.2) is 11.9 Å². The molecule has 5 nitrogen and oxygen atoms in total. The summed E-state index contributed by atoms with van der Waals surface area (Å²) in [4.78, 5) is 29.3. The summed E-state index contributed by atoms with van der Waals surface area (Å²) in [6, 6.07) is 5.31. The van der Waals surface area contributed by atoms with E-state index in [4.69, 9.17) is 0 Å². The second-order valence-corrected chi connectivity index (χ2v) is 5.52. The Hall–Kier alpha value is -2.63. The standard InChI is InChI=1S/C16H13FN3O2/c17-10-5-1-3-7-12(10)20-15(21)14-9-18-11-6-2-4-8-13(11)19(14)16(20)22/h1,3,5,7,9H,2,4,6,8H2/q+1/p+1. The zero-order valence-corrected chi connectivity index (χ0v) is 11.8. The lowest BCUT2D eigenvalue weighted by molar-refractivity contribution is -0.596. The molecule has 4 rings (SSSR count). The summed E-state index contributed by atoms with van der Waals surface area (Å²) in [5.41, 5.74) is 2.06. The first-order valence-electron chi connectivity index (χ1n) is 7.30. The smallest absolute Gasteiger partial charge is 0.236 e. The van der Waals surface area contributed by atoms with E-state index in [1.807, 2.05) is 0 Å². The molecule has 0 saturated heterocycles. The van der Waals surface area contributed by atoms with Crippen molar-refractivity contribution in [2.45, 2.75) is 25.7 Å². The van der Waals surface area contributed by atoms with Crippen molar-refractivity contribution in [1.29, 1.82) is 0 Å². The Morgan fingerprint density at radius 3 is 2.73 bits per heavy atom. The van der Waals surface area contributed by atoms with Crippen LogP contribution in [0.2, 0.25) is 0 Å². The number of aromatic amines is 1. The number of aromatic nitrogens is 2. The fourth-order valence-electron chi connectivity index (χ4n) is 3.18. The predicted molar refractivity (Wildman–Crippen MR) is 73.8 cm³/mol. The summed E-state index contributed by atoms with van der Waals surface area (Å²) < 4.78 is 15.4. The molecule has 1 aromatic carbocycles. The number of anilines is 1. The largest absolute Gasteiger partial charge is 0.512 e. The molecule has 2 amide bonds. The van der Waals surface area contributed by atoms with Gasteiger partial charge in [0.1, 0.15) is 0 Å². The first-order chi connectivity index (χ1) is 10.7. The molecule has 110 valence electrons. The summed E-state index contributed by atoms with van der Waals surface area (Å²) in [5.74, 6) is -1.09. The van der Waals surface area contributed by atoms with E-state index in [2.05, 4.69) is 4.98 Å². The van der Waals surface area contributed by atoms with Crippen molar-refractivity contribution in [2.24, 2.45) is 0 Å². The van der Waals surface area contributed by atoms with Crippen LogP contribution < -0.4 is 14.5 Å². The van der Waals surface area contributed by atoms with Gasteiger partial charge in [-0.2, -0.15) is 4.79 Å². The minimum atomic E-state index is -0.588. The van der Waals surface area contributed by atoms with Gasteiger partial charge in [-0.05, 0) is 25.0 Å². The van der Waals surface area contributed by atoms with Gasteiger partial charge in [-0.1, -0.05) is 12.1 Å². The second kappa shape index (κ2) is 4.69. The van der Waals surface area contributed by atoms with Crippen molar-refractivity contribution in [3.8, 4) is 0 Å². The fourth-order valence-corrected chi connectivity index (χ4v) is 3.18. The summed E-state index contributed by atoms with van der Waals surface area (Å²) in [5, 5.41) is 0. The summed E-state index contributed by atoms with van der Waals surface area (Å²) in [7, 11) is 0. The van der Waals surface area contributed by atoms with Gasteiger partial charge >= 0.3 is 11.9 Å². The minimum absolute atomic E-state index is 0.00856. The minimum Gasteiger partial charge on any atom is -0.236 e. The van der Waals surface area contributed by atoms with Crippen molar-refractivity contribution in [3.63, 3.8) is 0 Å². The average Bonchev–Trinajstić information content (AvgIpc) is 2.80. The highest BCUT2D eigenvalue weighted by molar-refractivity contribution is 6.20. The second-order valence-electron chi connectivity index (χ2n) is 5.52. The van der Waals surface area contributed by atoms with E-state index >= 15 is 0 Å². The normalized spacial score (nSPS) is 16.7. The highest BCUT2D eigenvalue weighted by Crippen LogP contribution is 2.25. The Labute approximate surface area is 126 Å². The van der Waals surface area contributed by atoms with Crippen LogP contribution in [0.1, 0.15) is 34.7 Å². The number of nitrogens with zero attached hydrogens (tertiary/aromatic N) is 2. The number of imide groups is 1. The maximum absolute atomic E-state index is 14.0. The summed E-state index contributed by atoms with van der Waals surface area (Å²) in [6.07, 6.45) is 5.18. The van der Waals surface area contributed by atoms with Crippen LogP contribution in [0, 0.1) is 5.82 Å². The van der Waals surface area contributed by atoms with E-state index in [9.17, 15) is 14.0 Å². The van der Waals surface area contributed by atoms with Crippen LogP contribution in [0.4, 0.5) is 14.9 Å². The molecule has 0 radical (unpaired) electrons. The molecule has 0 fully saturated rings. The highest BCUT2D eigenvalue weighted by atomic mass is 19.1. The van der Waals surface area contributed by atoms with Crippen molar-refractivity contribution >= 4 is 17.6 Å². The molecule has 2 aromatic rings. The van der Waals surface area contributed by atoms with E-state index in [1.165, 1.54) is 22.8 Å². The molecule has 1 aliphatic heterocycles. The number of halogens is 1. The van der Waals surface area contributed by atoms with Crippen LogP contribution >= 0.6 is 0 Å². The van der Waals surface area contributed by atoms with Crippen LogP contribution in [0.25, 0.3) is 0 Å². The van der Waals surface area contributed by atoms with E-state index in [-0.39, 0.29) is 11.4 Å². The Morgan fingerprint density at radius 2 is 1.91 bits per heavy atom. The van der Waals surface area contributed by atoms with Gasteiger partial charge in [0.25, 0.3) is 5.69 Å². The molecule has 0 bridgehead atoms. The van der Waals surface area contributed by atoms with Gasteiger partial charge in [0.2, 0.25) is 11.9 Å². The fraction of sp³-hybridized carbons (Fsp3) is 0.250. The Balaban J connectivity index is 1.89. The average molecular weight is 299 g/mol. The lowest BCUT2D eigenvalue weighted by Gasteiger charge is -2.09. The number of hydrogen-bond donors (Lipinski definition) is 0. The van der Waals surface area contributed by atoms with Crippen LogP contribution in [0.3, 0.4) is 0 Å². The lowest BCUT2D eigenvalue weighted by atomic mass is 10.00. The maximum atomic E-state index is 14.0. The van der Waals surface area contributed by atoms with E-state index in [0.717, 1.165) is 42.0 Å². The van der Waals surface area contributed by atoms with E-state index in [0.29, 0.717) is 0 Å². The zero-order chi connectivity index (χ0) is 15.3. The Kier molecular flexibility index (Phi) is 2.79. The number of para-hydroxylation sites is 1. The predicted octanol–water partition coefficient (Wildman–Crippen LogP) is 1.43. The van der Waals surface area contributed by atoms with Crippen LogP contribution in [-0.2, 0) is 12.8 Å². The molecule has 0 atom stereocenters. The molecule has 0 spiro atoms. The molecule has 0 saturated carbocycles. The van der Waals surface area contributed by atoms with E-state index in [1.54, 1.807) is 12.3 Å². The molecule has 2 aliphatic rings. The molecule has 22 heavy (non-hydrogen) atoms. The first kappa shape index (κ1) is 13.1. The number of hydrogen-bond acceptors (Lipinski definition) is 2.